The number of fused-ring (bicyclic) bond motifs is 1. The molecule has 0 saturated carbocycles. The Kier molecular flexibility index (Phi) is 3.67. The maximum Gasteiger partial charge on any atom is 0.242 e. The second-order valence-corrected chi connectivity index (χ2v) is 4.50. The molecule has 1 amide bonds. The summed E-state index contributed by atoms with van der Waals surface area (Å²) in [4.78, 5) is 13.5. The molecule has 4 nitrogen and oxygen atoms in total. The molecule has 0 bridgehead atoms. The van der Waals surface area contributed by atoms with Crippen LogP contribution in [0.5, 0.6) is 0 Å². The van der Waals surface area contributed by atoms with Gasteiger partial charge in [0.05, 0.1) is 6.61 Å². The van der Waals surface area contributed by atoms with E-state index in [2.05, 4.69) is 6.07 Å². The lowest BCUT2D eigenvalue weighted by Gasteiger charge is -2.16. The van der Waals surface area contributed by atoms with Crippen molar-refractivity contribution in [1.29, 1.82) is 0 Å². The SMILES string of the molecule is Cc1cn(CC(=O)N(C)CCO)c2ccccc12. The van der Waals surface area contributed by atoms with Crippen LogP contribution in [0.2, 0.25) is 0 Å². The van der Waals surface area contributed by atoms with Gasteiger partial charge in [-0.2, -0.15) is 0 Å². The summed E-state index contributed by atoms with van der Waals surface area (Å²) in [6, 6.07) is 8.05. The lowest BCUT2D eigenvalue weighted by molar-refractivity contribution is -0.130. The predicted molar refractivity (Wildman–Crippen MR) is 71.4 cm³/mol. The van der Waals surface area contributed by atoms with Gasteiger partial charge in [0.2, 0.25) is 5.91 Å². The zero-order valence-electron chi connectivity index (χ0n) is 10.8. The standard InChI is InChI=1S/C14H18N2O2/c1-11-9-16(10-14(18)15(2)7-8-17)13-6-4-3-5-12(11)13/h3-6,9,17H,7-8,10H2,1-2H3. The van der Waals surface area contributed by atoms with E-state index in [9.17, 15) is 4.79 Å². The number of hydrogen-bond acceptors (Lipinski definition) is 2. The molecular weight excluding hydrogens is 228 g/mol. The third-order valence-corrected chi connectivity index (χ3v) is 3.15. The maximum absolute atomic E-state index is 11.9. The Morgan fingerprint density at radius 2 is 2.11 bits per heavy atom. The van der Waals surface area contributed by atoms with E-state index in [0.29, 0.717) is 13.1 Å². The Labute approximate surface area is 106 Å². The molecule has 0 saturated heterocycles. The van der Waals surface area contributed by atoms with Gasteiger partial charge < -0.3 is 14.6 Å². The number of carbonyl (C=O) groups is 1. The van der Waals surface area contributed by atoms with Crippen molar-refractivity contribution < 1.29 is 9.90 Å². The van der Waals surface area contributed by atoms with E-state index < -0.39 is 0 Å². The summed E-state index contributed by atoms with van der Waals surface area (Å²) < 4.78 is 1.96. The van der Waals surface area contributed by atoms with Gasteiger partial charge in [0.25, 0.3) is 0 Å². The molecule has 0 aliphatic carbocycles. The number of likely N-dealkylation sites (N-methyl/N-ethyl adjacent to an activating group) is 1. The van der Waals surface area contributed by atoms with Crippen molar-refractivity contribution in [2.45, 2.75) is 13.5 Å². The van der Waals surface area contributed by atoms with Crippen molar-refractivity contribution >= 4 is 16.8 Å². The van der Waals surface area contributed by atoms with Crippen LogP contribution in [0.3, 0.4) is 0 Å². The fraction of sp³-hybridized carbons (Fsp3) is 0.357. The summed E-state index contributed by atoms with van der Waals surface area (Å²) in [7, 11) is 1.71. The highest BCUT2D eigenvalue weighted by atomic mass is 16.3. The van der Waals surface area contributed by atoms with Crippen LogP contribution in [-0.2, 0) is 11.3 Å². The molecule has 2 aromatic rings. The first-order valence-electron chi connectivity index (χ1n) is 6.03. The molecule has 0 atom stereocenters. The van der Waals surface area contributed by atoms with Crippen molar-refractivity contribution in [1.82, 2.24) is 9.47 Å². The lowest BCUT2D eigenvalue weighted by Crippen LogP contribution is -2.32. The Morgan fingerprint density at radius 3 is 2.83 bits per heavy atom. The number of amides is 1. The number of benzene rings is 1. The highest BCUT2D eigenvalue weighted by molar-refractivity contribution is 5.85. The number of aromatic nitrogens is 1. The predicted octanol–water partition coefficient (Wildman–Crippen LogP) is 1.40. The topological polar surface area (TPSA) is 45.5 Å². The van der Waals surface area contributed by atoms with Crippen molar-refractivity contribution in [2.75, 3.05) is 20.2 Å². The van der Waals surface area contributed by atoms with Crippen LogP contribution in [0.1, 0.15) is 5.56 Å². The number of rotatable bonds is 4. The molecule has 0 spiro atoms. The Hall–Kier alpha value is -1.81. The first kappa shape index (κ1) is 12.6. The minimum Gasteiger partial charge on any atom is -0.395 e. The van der Waals surface area contributed by atoms with Gasteiger partial charge in [-0.15, -0.1) is 0 Å². The summed E-state index contributed by atoms with van der Waals surface area (Å²) in [6.07, 6.45) is 2.00. The fourth-order valence-electron chi connectivity index (χ4n) is 2.10. The monoisotopic (exact) mass is 246 g/mol. The van der Waals surface area contributed by atoms with Crippen LogP contribution in [-0.4, -0.2) is 40.7 Å². The van der Waals surface area contributed by atoms with Crippen molar-refractivity contribution in [2.24, 2.45) is 0 Å². The van der Waals surface area contributed by atoms with Crippen molar-refractivity contribution in [3.8, 4) is 0 Å². The summed E-state index contributed by atoms with van der Waals surface area (Å²) in [5.41, 5.74) is 2.24. The first-order chi connectivity index (χ1) is 8.63. The largest absolute Gasteiger partial charge is 0.395 e. The molecule has 1 aromatic heterocycles. The zero-order chi connectivity index (χ0) is 13.1. The number of aliphatic hydroxyl groups excluding tert-OH is 1. The van der Waals surface area contributed by atoms with Crippen LogP contribution < -0.4 is 0 Å². The fourth-order valence-corrected chi connectivity index (χ4v) is 2.10. The van der Waals surface area contributed by atoms with Gasteiger partial charge in [0, 0.05) is 30.7 Å². The molecule has 1 aromatic carbocycles. The minimum atomic E-state index is -0.00626. The van der Waals surface area contributed by atoms with E-state index in [-0.39, 0.29) is 12.5 Å². The molecule has 0 aliphatic heterocycles. The third-order valence-electron chi connectivity index (χ3n) is 3.15. The number of para-hydroxylation sites is 1. The molecule has 18 heavy (non-hydrogen) atoms. The third kappa shape index (κ3) is 2.38. The summed E-state index contributed by atoms with van der Waals surface area (Å²) in [5, 5.41) is 10.0. The average molecular weight is 246 g/mol. The second kappa shape index (κ2) is 5.23. The molecule has 0 unspecified atom stereocenters. The Balaban J connectivity index is 2.24. The van der Waals surface area contributed by atoms with E-state index in [4.69, 9.17) is 5.11 Å². The molecule has 96 valence electrons. The van der Waals surface area contributed by atoms with Crippen LogP contribution in [0.15, 0.2) is 30.5 Å². The van der Waals surface area contributed by atoms with Crippen LogP contribution >= 0.6 is 0 Å². The van der Waals surface area contributed by atoms with Gasteiger partial charge in [0.1, 0.15) is 6.54 Å². The number of carbonyl (C=O) groups excluding carboxylic acids is 1. The molecule has 1 heterocycles. The van der Waals surface area contributed by atoms with E-state index >= 15 is 0 Å². The normalized spacial score (nSPS) is 10.8. The number of hydrogen-bond donors (Lipinski definition) is 1. The van der Waals surface area contributed by atoms with Crippen LogP contribution in [0.4, 0.5) is 0 Å². The van der Waals surface area contributed by atoms with E-state index in [0.717, 1.165) is 5.52 Å². The lowest BCUT2D eigenvalue weighted by atomic mass is 10.2. The average Bonchev–Trinajstić information content (AvgIpc) is 2.67. The molecule has 2 rings (SSSR count). The Morgan fingerprint density at radius 1 is 1.39 bits per heavy atom. The van der Waals surface area contributed by atoms with Crippen LogP contribution in [0, 0.1) is 6.92 Å². The van der Waals surface area contributed by atoms with Gasteiger partial charge in [-0.25, -0.2) is 0 Å². The van der Waals surface area contributed by atoms with E-state index in [1.807, 2.05) is 35.9 Å². The van der Waals surface area contributed by atoms with Gasteiger partial charge in [-0.1, -0.05) is 18.2 Å². The van der Waals surface area contributed by atoms with Crippen LogP contribution in [0.25, 0.3) is 10.9 Å². The minimum absolute atomic E-state index is 0.00445. The Bertz CT molecular complexity index is 560. The van der Waals surface area contributed by atoms with Gasteiger partial charge in [-0.05, 0) is 18.6 Å². The van der Waals surface area contributed by atoms with Crippen molar-refractivity contribution in [3.05, 3.63) is 36.0 Å². The second-order valence-electron chi connectivity index (χ2n) is 4.50. The molecular formula is C14H18N2O2. The summed E-state index contributed by atoms with van der Waals surface area (Å²) >= 11 is 0. The maximum atomic E-state index is 11.9. The number of aliphatic hydroxyl groups is 1. The first-order valence-corrected chi connectivity index (χ1v) is 6.03. The van der Waals surface area contributed by atoms with Gasteiger partial charge in [-0.3, -0.25) is 4.79 Å². The highest BCUT2D eigenvalue weighted by Gasteiger charge is 2.11. The summed E-state index contributed by atoms with van der Waals surface area (Å²) in [5.74, 6) is 0.00445. The molecule has 0 radical (unpaired) electrons. The highest BCUT2D eigenvalue weighted by Crippen LogP contribution is 2.20. The smallest absolute Gasteiger partial charge is 0.242 e. The zero-order valence-corrected chi connectivity index (χ0v) is 10.8. The molecule has 0 aliphatic rings. The van der Waals surface area contributed by atoms with Crippen molar-refractivity contribution in [3.63, 3.8) is 0 Å². The molecule has 0 fully saturated rings. The van der Waals surface area contributed by atoms with E-state index in [1.54, 1.807) is 11.9 Å². The summed E-state index contributed by atoms with van der Waals surface area (Å²) in [6.45, 7) is 2.72. The number of nitrogens with zero attached hydrogens (tertiary/aromatic N) is 2. The van der Waals surface area contributed by atoms with Gasteiger partial charge >= 0.3 is 0 Å². The molecule has 1 N–H and O–H groups in total. The molecule has 4 heteroatoms. The van der Waals surface area contributed by atoms with E-state index in [1.165, 1.54) is 10.9 Å². The quantitative estimate of drug-likeness (QED) is 0.886. The van der Waals surface area contributed by atoms with Gasteiger partial charge in [0.15, 0.2) is 0 Å². The number of aryl methyl sites for hydroxylation is 1.